The van der Waals surface area contributed by atoms with Crippen molar-refractivity contribution in [3.8, 4) is 0 Å². The number of hydrogen-bond donors (Lipinski definition) is 1. The molecule has 3 heteroatoms. The van der Waals surface area contributed by atoms with E-state index in [-0.39, 0.29) is 0 Å². The zero-order valence-electron chi connectivity index (χ0n) is 11.2. The molecule has 0 spiro atoms. The first kappa shape index (κ1) is 14.5. The quantitative estimate of drug-likeness (QED) is 0.834. The lowest BCUT2D eigenvalue weighted by molar-refractivity contribution is 0.377. The molecule has 17 heavy (non-hydrogen) atoms. The van der Waals surface area contributed by atoms with E-state index in [0.717, 1.165) is 18.0 Å². The molecular weight excluding hydrogens is 232 g/mol. The average Bonchev–Trinajstić information content (AvgIpc) is 2.29. The van der Waals surface area contributed by atoms with E-state index in [4.69, 9.17) is 11.6 Å². The molecule has 0 aliphatic heterocycles. The van der Waals surface area contributed by atoms with Crippen LogP contribution in [0.2, 0.25) is 5.02 Å². The Kier molecular flexibility index (Phi) is 5.93. The van der Waals surface area contributed by atoms with Crippen LogP contribution in [0.3, 0.4) is 0 Å². The summed E-state index contributed by atoms with van der Waals surface area (Å²) in [5.74, 6) is 0.978. The maximum atomic E-state index is 6.25. The maximum absolute atomic E-state index is 6.25. The van der Waals surface area contributed by atoms with Gasteiger partial charge in [-0.1, -0.05) is 32.4 Å². The van der Waals surface area contributed by atoms with Crippen LogP contribution in [0.1, 0.15) is 45.6 Å². The molecule has 1 rings (SSSR count). The van der Waals surface area contributed by atoms with Crippen molar-refractivity contribution >= 4 is 11.6 Å². The molecule has 0 radical (unpaired) electrons. The molecule has 0 fully saturated rings. The highest BCUT2D eigenvalue weighted by molar-refractivity contribution is 6.31. The second-order valence-corrected chi connectivity index (χ2v) is 5.32. The van der Waals surface area contributed by atoms with Crippen molar-refractivity contribution in [3.05, 3.63) is 29.0 Å². The molecule has 1 aromatic heterocycles. The molecule has 0 bridgehead atoms. The zero-order valence-corrected chi connectivity index (χ0v) is 12.0. The molecule has 2 unspecified atom stereocenters. The minimum Gasteiger partial charge on any atom is -0.314 e. The minimum absolute atomic E-state index is 0.426. The van der Waals surface area contributed by atoms with Crippen molar-refractivity contribution in [2.75, 3.05) is 6.54 Å². The Morgan fingerprint density at radius 3 is 2.59 bits per heavy atom. The van der Waals surface area contributed by atoms with Crippen LogP contribution in [-0.4, -0.2) is 17.6 Å². The van der Waals surface area contributed by atoms with Crippen LogP contribution in [0.25, 0.3) is 0 Å². The fourth-order valence-corrected chi connectivity index (χ4v) is 2.61. The van der Waals surface area contributed by atoms with E-state index in [0.29, 0.717) is 17.9 Å². The maximum Gasteiger partial charge on any atom is 0.0624 e. The summed E-state index contributed by atoms with van der Waals surface area (Å²) in [7, 11) is 0. The fraction of sp³-hybridized carbons (Fsp3) is 0.643. The van der Waals surface area contributed by atoms with Crippen LogP contribution in [0, 0.1) is 5.92 Å². The zero-order chi connectivity index (χ0) is 12.8. The van der Waals surface area contributed by atoms with Crippen molar-refractivity contribution in [1.82, 2.24) is 10.3 Å². The van der Waals surface area contributed by atoms with E-state index >= 15 is 0 Å². The molecule has 0 amide bonds. The number of halogens is 1. The number of nitrogens with one attached hydrogen (secondary N) is 1. The highest BCUT2D eigenvalue weighted by atomic mass is 35.5. The van der Waals surface area contributed by atoms with E-state index in [1.165, 1.54) is 5.56 Å². The Hall–Kier alpha value is -0.600. The summed E-state index contributed by atoms with van der Waals surface area (Å²) < 4.78 is 0. The van der Waals surface area contributed by atoms with Gasteiger partial charge < -0.3 is 5.32 Å². The first-order valence-corrected chi connectivity index (χ1v) is 6.78. The topological polar surface area (TPSA) is 24.9 Å². The normalized spacial score (nSPS) is 14.9. The predicted octanol–water partition coefficient (Wildman–Crippen LogP) is 3.86. The summed E-state index contributed by atoms with van der Waals surface area (Å²) in [4.78, 5) is 4.06. The predicted molar refractivity (Wildman–Crippen MR) is 74.6 cm³/mol. The molecule has 0 saturated carbocycles. The molecule has 2 atom stereocenters. The molecule has 0 saturated heterocycles. The molecule has 1 N–H and O–H groups in total. The van der Waals surface area contributed by atoms with Gasteiger partial charge in [0.2, 0.25) is 0 Å². The molecule has 2 nitrogen and oxygen atoms in total. The van der Waals surface area contributed by atoms with E-state index in [1.807, 2.05) is 12.3 Å². The van der Waals surface area contributed by atoms with E-state index in [1.54, 1.807) is 6.20 Å². The first-order valence-electron chi connectivity index (χ1n) is 6.40. The Balaban J connectivity index is 2.89. The highest BCUT2D eigenvalue weighted by Gasteiger charge is 2.24. The van der Waals surface area contributed by atoms with Crippen LogP contribution < -0.4 is 5.32 Å². The van der Waals surface area contributed by atoms with Crippen LogP contribution >= 0.6 is 11.6 Å². The third-order valence-electron chi connectivity index (χ3n) is 3.14. The SMILES string of the molecule is CCCNC(C)C(c1ccncc1Cl)C(C)C. The number of hydrogen-bond acceptors (Lipinski definition) is 2. The van der Waals surface area contributed by atoms with E-state index in [2.05, 4.69) is 38.0 Å². The minimum atomic E-state index is 0.426. The van der Waals surface area contributed by atoms with Gasteiger partial charge in [0, 0.05) is 24.4 Å². The molecule has 0 aliphatic carbocycles. The second-order valence-electron chi connectivity index (χ2n) is 4.91. The van der Waals surface area contributed by atoms with Crippen molar-refractivity contribution in [3.63, 3.8) is 0 Å². The van der Waals surface area contributed by atoms with Gasteiger partial charge in [-0.2, -0.15) is 0 Å². The fourth-order valence-electron chi connectivity index (χ4n) is 2.36. The number of rotatable bonds is 6. The average molecular weight is 255 g/mol. The van der Waals surface area contributed by atoms with E-state index in [9.17, 15) is 0 Å². The molecule has 96 valence electrons. The Morgan fingerprint density at radius 1 is 1.35 bits per heavy atom. The Morgan fingerprint density at radius 2 is 2.06 bits per heavy atom. The lowest BCUT2D eigenvalue weighted by atomic mass is 9.83. The summed E-state index contributed by atoms with van der Waals surface area (Å²) in [6.45, 7) is 9.95. The largest absolute Gasteiger partial charge is 0.314 e. The van der Waals surface area contributed by atoms with Crippen molar-refractivity contribution in [1.29, 1.82) is 0 Å². The molecule has 1 heterocycles. The summed E-state index contributed by atoms with van der Waals surface area (Å²) in [6, 6.07) is 2.46. The molecule has 1 aromatic rings. The number of aromatic nitrogens is 1. The second kappa shape index (κ2) is 6.97. The summed E-state index contributed by atoms with van der Waals surface area (Å²) in [5.41, 5.74) is 1.20. The Labute approximate surface area is 110 Å². The van der Waals surface area contributed by atoms with Gasteiger partial charge in [-0.05, 0) is 37.4 Å². The monoisotopic (exact) mass is 254 g/mol. The van der Waals surface area contributed by atoms with Crippen molar-refractivity contribution in [2.45, 2.75) is 46.1 Å². The van der Waals surface area contributed by atoms with Gasteiger partial charge in [0.1, 0.15) is 0 Å². The van der Waals surface area contributed by atoms with Crippen LogP contribution in [0.15, 0.2) is 18.5 Å². The molecule has 0 aliphatic rings. The van der Waals surface area contributed by atoms with Gasteiger partial charge in [-0.3, -0.25) is 4.98 Å². The van der Waals surface area contributed by atoms with Gasteiger partial charge in [0.15, 0.2) is 0 Å². The summed E-state index contributed by atoms with van der Waals surface area (Å²) >= 11 is 6.25. The van der Waals surface area contributed by atoms with Crippen LogP contribution in [0.5, 0.6) is 0 Å². The standard InChI is InChI=1S/C14H23ClN2/c1-5-7-17-11(4)14(10(2)3)12-6-8-16-9-13(12)15/h6,8-11,14,17H,5,7H2,1-4H3. The molecular formula is C14H23ClN2. The van der Waals surface area contributed by atoms with Crippen molar-refractivity contribution < 1.29 is 0 Å². The van der Waals surface area contributed by atoms with Gasteiger partial charge in [0.25, 0.3) is 0 Å². The lowest BCUT2D eigenvalue weighted by Crippen LogP contribution is -2.35. The van der Waals surface area contributed by atoms with E-state index < -0.39 is 0 Å². The number of pyridine rings is 1. The van der Waals surface area contributed by atoms with Gasteiger partial charge in [-0.25, -0.2) is 0 Å². The van der Waals surface area contributed by atoms with Gasteiger partial charge in [-0.15, -0.1) is 0 Å². The Bertz CT molecular complexity index is 339. The van der Waals surface area contributed by atoms with Gasteiger partial charge in [0.05, 0.1) is 5.02 Å². The first-order chi connectivity index (χ1) is 8.07. The third-order valence-corrected chi connectivity index (χ3v) is 3.45. The summed E-state index contributed by atoms with van der Waals surface area (Å²) in [5, 5.41) is 4.33. The molecule has 0 aromatic carbocycles. The lowest BCUT2D eigenvalue weighted by Gasteiger charge is -2.29. The van der Waals surface area contributed by atoms with Gasteiger partial charge >= 0.3 is 0 Å². The number of nitrogens with zero attached hydrogens (tertiary/aromatic N) is 1. The summed E-state index contributed by atoms with van der Waals surface area (Å²) in [6.07, 6.45) is 4.71. The smallest absolute Gasteiger partial charge is 0.0624 e. The van der Waals surface area contributed by atoms with Crippen LogP contribution in [-0.2, 0) is 0 Å². The van der Waals surface area contributed by atoms with Crippen LogP contribution in [0.4, 0.5) is 0 Å². The highest BCUT2D eigenvalue weighted by Crippen LogP contribution is 2.32. The third kappa shape index (κ3) is 3.97. The van der Waals surface area contributed by atoms with Crippen molar-refractivity contribution in [2.24, 2.45) is 5.92 Å².